The summed E-state index contributed by atoms with van der Waals surface area (Å²) in [6, 6.07) is 0. The quantitative estimate of drug-likeness (QED) is 0.644. The van der Waals surface area contributed by atoms with E-state index >= 15 is 0 Å². The summed E-state index contributed by atoms with van der Waals surface area (Å²) in [4.78, 5) is 0. The van der Waals surface area contributed by atoms with Crippen LogP contribution in [0.4, 0.5) is 0 Å². The molecule has 1 heterocycles. The first-order valence-corrected chi connectivity index (χ1v) is 3.92. The van der Waals surface area contributed by atoms with Gasteiger partial charge >= 0.3 is 0 Å². The number of aliphatic hydroxyl groups excluding tert-OH is 1. The van der Waals surface area contributed by atoms with E-state index in [9.17, 15) is 5.11 Å². The van der Waals surface area contributed by atoms with Gasteiger partial charge < -0.3 is 9.84 Å². The molecule has 2 nitrogen and oxygen atoms in total. The molecule has 1 N–H and O–H groups in total. The summed E-state index contributed by atoms with van der Waals surface area (Å²) in [7, 11) is 0. The molecule has 0 aromatic carbocycles. The number of hydrogen-bond acceptors (Lipinski definition) is 2. The first kappa shape index (κ1) is 8.02. The second kappa shape index (κ2) is 2.89. The molecule has 1 fully saturated rings. The lowest BCUT2D eigenvalue weighted by Gasteiger charge is -2.39. The van der Waals surface area contributed by atoms with Crippen LogP contribution in [-0.4, -0.2) is 24.4 Å². The average molecular weight is 144 g/mol. The van der Waals surface area contributed by atoms with Crippen molar-refractivity contribution in [3.05, 3.63) is 0 Å². The molecule has 0 radical (unpaired) electrons. The molecule has 0 aromatic heterocycles. The van der Waals surface area contributed by atoms with Crippen molar-refractivity contribution in [2.75, 3.05) is 13.2 Å². The van der Waals surface area contributed by atoms with Crippen LogP contribution in [0.3, 0.4) is 0 Å². The molecule has 10 heavy (non-hydrogen) atoms. The number of aliphatic hydroxyl groups is 1. The highest BCUT2D eigenvalue weighted by Crippen LogP contribution is 2.32. The van der Waals surface area contributed by atoms with Crippen molar-refractivity contribution < 1.29 is 9.84 Å². The smallest absolute Gasteiger partial charge is 0.0544 e. The Kier molecular flexibility index (Phi) is 2.32. The average Bonchev–Trinajstić information content (AvgIpc) is 1.84. The third-order valence-corrected chi connectivity index (χ3v) is 2.10. The minimum atomic E-state index is -0.131. The van der Waals surface area contributed by atoms with E-state index in [-0.39, 0.29) is 11.5 Å². The first-order valence-electron chi connectivity index (χ1n) is 3.92. The van der Waals surface area contributed by atoms with Crippen LogP contribution in [0.2, 0.25) is 0 Å². The summed E-state index contributed by atoms with van der Waals surface area (Å²) >= 11 is 0. The molecule has 0 aromatic rings. The van der Waals surface area contributed by atoms with Gasteiger partial charge in [0.25, 0.3) is 0 Å². The molecule has 0 spiro atoms. The van der Waals surface area contributed by atoms with Gasteiger partial charge in [-0.2, -0.15) is 0 Å². The Hall–Kier alpha value is -0.0800. The lowest BCUT2D eigenvalue weighted by atomic mass is 9.82. The summed E-state index contributed by atoms with van der Waals surface area (Å²) < 4.78 is 5.07. The second-order valence-corrected chi connectivity index (χ2v) is 3.57. The molecule has 0 amide bonds. The fourth-order valence-corrected chi connectivity index (χ4v) is 1.28. The van der Waals surface area contributed by atoms with E-state index in [1.165, 1.54) is 0 Å². The summed E-state index contributed by atoms with van der Waals surface area (Å²) in [6.07, 6.45) is 1.62. The monoisotopic (exact) mass is 144 g/mol. The summed E-state index contributed by atoms with van der Waals surface area (Å²) in [6.45, 7) is 5.82. The van der Waals surface area contributed by atoms with Crippen LogP contribution in [0.15, 0.2) is 0 Å². The molecular formula is C8H16O2. The van der Waals surface area contributed by atoms with Gasteiger partial charge in [0.2, 0.25) is 0 Å². The van der Waals surface area contributed by atoms with Crippen LogP contribution in [0.25, 0.3) is 0 Å². The fraction of sp³-hybridized carbons (Fsp3) is 1.00. The van der Waals surface area contributed by atoms with Crippen LogP contribution in [0.5, 0.6) is 0 Å². The summed E-state index contributed by atoms with van der Waals surface area (Å²) in [5.74, 6) is 0. The van der Waals surface area contributed by atoms with Crippen molar-refractivity contribution in [1.29, 1.82) is 0 Å². The van der Waals surface area contributed by atoms with Gasteiger partial charge in [0.15, 0.2) is 0 Å². The van der Waals surface area contributed by atoms with Crippen LogP contribution in [0.1, 0.15) is 26.7 Å². The van der Waals surface area contributed by atoms with E-state index in [0.717, 1.165) is 26.1 Å². The van der Waals surface area contributed by atoms with E-state index < -0.39 is 0 Å². The van der Waals surface area contributed by atoms with Gasteiger partial charge in [0, 0.05) is 5.41 Å². The molecule has 0 saturated carbocycles. The first-order chi connectivity index (χ1) is 4.66. The molecule has 1 rings (SSSR count). The maximum absolute atomic E-state index is 9.30. The van der Waals surface area contributed by atoms with E-state index in [1.807, 2.05) is 6.92 Å². The Morgan fingerprint density at radius 1 is 1.60 bits per heavy atom. The van der Waals surface area contributed by atoms with Gasteiger partial charge in [-0.3, -0.25) is 0 Å². The Morgan fingerprint density at radius 3 is 2.50 bits per heavy atom. The lowest BCUT2D eigenvalue weighted by Crippen LogP contribution is -2.42. The maximum atomic E-state index is 9.30. The van der Waals surface area contributed by atoms with Gasteiger partial charge in [-0.1, -0.05) is 13.8 Å². The standard InChI is InChI=1S/C8H16O2/c1-3-7(9)4-8(2)5-10-6-8/h7,9H,3-6H2,1-2H3. The van der Waals surface area contributed by atoms with Crippen molar-refractivity contribution in [3.63, 3.8) is 0 Å². The predicted octanol–water partition coefficient (Wildman–Crippen LogP) is 1.18. The maximum Gasteiger partial charge on any atom is 0.0544 e. The molecule has 1 atom stereocenters. The molecule has 60 valence electrons. The Morgan fingerprint density at radius 2 is 2.20 bits per heavy atom. The SMILES string of the molecule is CCC(O)CC1(C)COC1. The van der Waals surface area contributed by atoms with E-state index in [4.69, 9.17) is 4.74 Å². The minimum absolute atomic E-state index is 0.131. The summed E-state index contributed by atoms with van der Waals surface area (Å²) in [5.41, 5.74) is 0.273. The lowest BCUT2D eigenvalue weighted by molar-refractivity contribution is -0.121. The number of rotatable bonds is 3. The van der Waals surface area contributed by atoms with Crippen molar-refractivity contribution in [2.24, 2.45) is 5.41 Å². The van der Waals surface area contributed by atoms with Crippen LogP contribution in [-0.2, 0) is 4.74 Å². The van der Waals surface area contributed by atoms with E-state index in [2.05, 4.69) is 6.92 Å². The largest absolute Gasteiger partial charge is 0.393 e. The van der Waals surface area contributed by atoms with Gasteiger partial charge in [0.1, 0.15) is 0 Å². The Balaban J connectivity index is 2.22. The van der Waals surface area contributed by atoms with Crippen molar-refractivity contribution in [1.82, 2.24) is 0 Å². The van der Waals surface area contributed by atoms with Gasteiger partial charge in [-0.25, -0.2) is 0 Å². The Bertz CT molecular complexity index is 108. The molecule has 1 unspecified atom stereocenters. The van der Waals surface area contributed by atoms with Gasteiger partial charge in [0.05, 0.1) is 19.3 Å². The van der Waals surface area contributed by atoms with Gasteiger partial charge in [-0.15, -0.1) is 0 Å². The summed E-state index contributed by atoms with van der Waals surface area (Å²) in [5, 5.41) is 9.30. The third kappa shape index (κ3) is 1.70. The molecule has 2 heteroatoms. The highest BCUT2D eigenvalue weighted by Gasteiger charge is 2.34. The molecular weight excluding hydrogens is 128 g/mol. The predicted molar refractivity (Wildman–Crippen MR) is 39.8 cm³/mol. The van der Waals surface area contributed by atoms with Crippen molar-refractivity contribution in [3.8, 4) is 0 Å². The molecule has 0 bridgehead atoms. The highest BCUT2D eigenvalue weighted by atomic mass is 16.5. The Labute approximate surface area is 62.2 Å². The van der Waals surface area contributed by atoms with Crippen molar-refractivity contribution in [2.45, 2.75) is 32.8 Å². The van der Waals surface area contributed by atoms with E-state index in [0.29, 0.717) is 0 Å². The topological polar surface area (TPSA) is 29.5 Å². The van der Waals surface area contributed by atoms with Crippen LogP contribution in [0, 0.1) is 5.41 Å². The zero-order valence-electron chi connectivity index (χ0n) is 6.76. The normalized spacial score (nSPS) is 25.5. The van der Waals surface area contributed by atoms with Crippen LogP contribution >= 0.6 is 0 Å². The third-order valence-electron chi connectivity index (χ3n) is 2.10. The van der Waals surface area contributed by atoms with Gasteiger partial charge in [-0.05, 0) is 12.8 Å². The fourth-order valence-electron chi connectivity index (χ4n) is 1.28. The molecule has 0 aliphatic carbocycles. The number of ether oxygens (including phenoxy) is 1. The second-order valence-electron chi connectivity index (χ2n) is 3.57. The minimum Gasteiger partial charge on any atom is -0.393 e. The zero-order chi connectivity index (χ0) is 7.61. The van der Waals surface area contributed by atoms with Crippen molar-refractivity contribution >= 4 is 0 Å². The van der Waals surface area contributed by atoms with Crippen LogP contribution < -0.4 is 0 Å². The number of hydrogen-bond donors (Lipinski definition) is 1. The molecule has 1 aliphatic rings. The molecule has 1 aliphatic heterocycles. The molecule has 1 saturated heterocycles. The highest BCUT2D eigenvalue weighted by molar-refractivity contribution is 4.82. The van der Waals surface area contributed by atoms with E-state index in [1.54, 1.807) is 0 Å². The zero-order valence-corrected chi connectivity index (χ0v) is 6.76.